The third kappa shape index (κ3) is 2.41. The molecular formula is C14H26N2O2. The molecule has 0 unspecified atom stereocenters. The van der Waals surface area contributed by atoms with E-state index in [0.717, 1.165) is 25.9 Å². The second-order valence-electron chi connectivity index (χ2n) is 5.55. The molecule has 1 atom stereocenters. The normalized spacial score (nSPS) is 25.2. The van der Waals surface area contributed by atoms with E-state index in [1.165, 1.54) is 25.7 Å². The Morgan fingerprint density at radius 1 is 1.28 bits per heavy atom. The van der Waals surface area contributed by atoms with Crippen LogP contribution in [-0.2, 0) is 9.53 Å². The second-order valence-corrected chi connectivity index (χ2v) is 5.55. The molecule has 4 nitrogen and oxygen atoms in total. The van der Waals surface area contributed by atoms with Crippen LogP contribution in [0.2, 0.25) is 0 Å². The highest BCUT2D eigenvalue weighted by molar-refractivity contribution is 5.74. The minimum atomic E-state index is -0.141. The molecule has 1 saturated heterocycles. The highest BCUT2D eigenvalue weighted by atomic mass is 16.5. The summed E-state index contributed by atoms with van der Waals surface area (Å²) < 4.78 is 5.25. The summed E-state index contributed by atoms with van der Waals surface area (Å²) in [6.45, 7) is 4.97. The Balaban J connectivity index is 2.18. The van der Waals surface area contributed by atoms with Crippen LogP contribution in [0, 0.1) is 5.92 Å². The average Bonchev–Trinajstić information content (AvgIpc) is 3.01. The number of ether oxygens (including phenoxy) is 1. The molecule has 0 aromatic carbocycles. The molecule has 0 aromatic heterocycles. The van der Waals surface area contributed by atoms with E-state index in [1.807, 2.05) is 6.92 Å². The molecule has 2 rings (SSSR count). The van der Waals surface area contributed by atoms with Gasteiger partial charge in [0, 0.05) is 12.1 Å². The molecule has 1 aliphatic heterocycles. The smallest absolute Gasteiger partial charge is 0.312 e. The first-order chi connectivity index (χ1) is 8.74. The first kappa shape index (κ1) is 13.8. The average molecular weight is 254 g/mol. The van der Waals surface area contributed by atoms with Crippen LogP contribution >= 0.6 is 0 Å². The van der Waals surface area contributed by atoms with Crippen LogP contribution in [0.4, 0.5) is 0 Å². The van der Waals surface area contributed by atoms with Crippen LogP contribution in [0.1, 0.15) is 45.4 Å². The molecule has 18 heavy (non-hydrogen) atoms. The standard InChI is InChI=1S/C14H26N2O2/c1-2-18-13(17)12(11-15)14(7-3-4-8-14)16-9-5-6-10-16/h12H,2-11,15H2,1H3/t12-/m0/s1. The van der Waals surface area contributed by atoms with Crippen molar-refractivity contribution >= 4 is 5.97 Å². The molecule has 2 N–H and O–H groups in total. The van der Waals surface area contributed by atoms with Crippen molar-refractivity contribution in [3.05, 3.63) is 0 Å². The topological polar surface area (TPSA) is 55.6 Å². The van der Waals surface area contributed by atoms with Gasteiger partial charge >= 0.3 is 5.97 Å². The second kappa shape index (κ2) is 6.02. The van der Waals surface area contributed by atoms with Crippen LogP contribution in [0.15, 0.2) is 0 Å². The van der Waals surface area contributed by atoms with E-state index < -0.39 is 0 Å². The Morgan fingerprint density at radius 2 is 1.89 bits per heavy atom. The van der Waals surface area contributed by atoms with Crippen molar-refractivity contribution in [2.45, 2.75) is 51.0 Å². The van der Waals surface area contributed by atoms with Gasteiger partial charge in [0.2, 0.25) is 0 Å². The van der Waals surface area contributed by atoms with E-state index in [-0.39, 0.29) is 17.4 Å². The van der Waals surface area contributed by atoms with Gasteiger partial charge in [-0.1, -0.05) is 12.8 Å². The number of rotatable bonds is 5. The fourth-order valence-electron chi connectivity index (χ4n) is 3.81. The summed E-state index contributed by atoms with van der Waals surface area (Å²) in [6.07, 6.45) is 7.14. The predicted molar refractivity (Wildman–Crippen MR) is 71.2 cm³/mol. The Morgan fingerprint density at radius 3 is 2.39 bits per heavy atom. The van der Waals surface area contributed by atoms with E-state index >= 15 is 0 Å². The molecule has 1 aliphatic carbocycles. The molecule has 1 heterocycles. The lowest BCUT2D eigenvalue weighted by atomic mass is 9.80. The molecule has 104 valence electrons. The molecule has 1 saturated carbocycles. The Hall–Kier alpha value is -0.610. The fraction of sp³-hybridized carbons (Fsp3) is 0.929. The molecule has 0 radical (unpaired) electrons. The number of nitrogens with zero attached hydrogens (tertiary/aromatic N) is 1. The number of carbonyl (C=O) groups excluding carboxylic acids is 1. The summed E-state index contributed by atoms with van der Waals surface area (Å²) in [5, 5.41) is 0. The minimum Gasteiger partial charge on any atom is -0.466 e. The van der Waals surface area contributed by atoms with Crippen LogP contribution < -0.4 is 5.73 Å². The van der Waals surface area contributed by atoms with Gasteiger partial charge in [0.1, 0.15) is 0 Å². The lowest BCUT2D eigenvalue weighted by Crippen LogP contribution is -2.56. The van der Waals surface area contributed by atoms with Crippen LogP contribution in [0.25, 0.3) is 0 Å². The zero-order valence-electron chi connectivity index (χ0n) is 11.5. The van der Waals surface area contributed by atoms with Gasteiger partial charge in [-0.2, -0.15) is 0 Å². The molecule has 0 bridgehead atoms. The number of hydrogen-bond donors (Lipinski definition) is 1. The molecule has 2 aliphatic rings. The van der Waals surface area contributed by atoms with Crippen molar-refractivity contribution in [1.82, 2.24) is 4.90 Å². The SMILES string of the molecule is CCOC(=O)[C@H](CN)C1(N2CCCC2)CCCC1. The van der Waals surface area contributed by atoms with Gasteiger partial charge in [0.05, 0.1) is 12.5 Å². The number of hydrogen-bond acceptors (Lipinski definition) is 4. The Bertz CT molecular complexity index is 282. The van der Waals surface area contributed by atoms with E-state index in [2.05, 4.69) is 4.90 Å². The summed E-state index contributed by atoms with van der Waals surface area (Å²) in [5.41, 5.74) is 5.91. The summed E-state index contributed by atoms with van der Waals surface area (Å²) in [7, 11) is 0. The first-order valence-corrected chi connectivity index (χ1v) is 7.36. The predicted octanol–water partition coefficient (Wildman–Crippen LogP) is 1.53. The van der Waals surface area contributed by atoms with E-state index in [1.54, 1.807) is 0 Å². The van der Waals surface area contributed by atoms with Gasteiger partial charge in [-0.05, 0) is 45.7 Å². The zero-order valence-corrected chi connectivity index (χ0v) is 11.5. The van der Waals surface area contributed by atoms with Gasteiger partial charge in [0.25, 0.3) is 0 Å². The maximum absolute atomic E-state index is 12.2. The summed E-state index contributed by atoms with van der Waals surface area (Å²) in [5.74, 6) is -0.230. The van der Waals surface area contributed by atoms with Crippen molar-refractivity contribution in [1.29, 1.82) is 0 Å². The quantitative estimate of drug-likeness (QED) is 0.756. The number of esters is 1. The number of likely N-dealkylation sites (tertiary alicyclic amines) is 1. The van der Waals surface area contributed by atoms with Crippen molar-refractivity contribution in [2.24, 2.45) is 11.7 Å². The molecule has 2 fully saturated rings. The van der Waals surface area contributed by atoms with Crippen molar-refractivity contribution in [3.63, 3.8) is 0 Å². The lowest BCUT2D eigenvalue weighted by molar-refractivity contribution is -0.153. The van der Waals surface area contributed by atoms with Crippen LogP contribution in [0.5, 0.6) is 0 Å². The minimum absolute atomic E-state index is 0.00248. The number of nitrogens with two attached hydrogens (primary N) is 1. The van der Waals surface area contributed by atoms with Crippen LogP contribution in [0.3, 0.4) is 0 Å². The molecule has 4 heteroatoms. The van der Waals surface area contributed by atoms with Gasteiger partial charge in [-0.25, -0.2) is 0 Å². The molecule has 0 aromatic rings. The summed E-state index contributed by atoms with van der Waals surface area (Å²) >= 11 is 0. The fourth-order valence-corrected chi connectivity index (χ4v) is 3.81. The van der Waals surface area contributed by atoms with E-state index in [4.69, 9.17) is 10.5 Å². The molecule has 0 spiro atoms. The van der Waals surface area contributed by atoms with Gasteiger partial charge in [0.15, 0.2) is 0 Å². The van der Waals surface area contributed by atoms with Gasteiger partial charge in [-0.3, -0.25) is 9.69 Å². The van der Waals surface area contributed by atoms with E-state index in [0.29, 0.717) is 13.2 Å². The maximum atomic E-state index is 12.2. The number of carbonyl (C=O) groups is 1. The van der Waals surface area contributed by atoms with Crippen molar-refractivity contribution < 1.29 is 9.53 Å². The van der Waals surface area contributed by atoms with Gasteiger partial charge < -0.3 is 10.5 Å². The molecule has 0 amide bonds. The van der Waals surface area contributed by atoms with Crippen LogP contribution in [-0.4, -0.2) is 42.6 Å². The zero-order chi connectivity index (χ0) is 13.0. The molecular weight excluding hydrogens is 228 g/mol. The third-order valence-corrected chi connectivity index (χ3v) is 4.66. The maximum Gasteiger partial charge on any atom is 0.312 e. The monoisotopic (exact) mass is 254 g/mol. The summed E-state index contributed by atoms with van der Waals surface area (Å²) in [4.78, 5) is 14.7. The lowest BCUT2D eigenvalue weighted by Gasteiger charge is -2.43. The summed E-state index contributed by atoms with van der Waals surface area (Å²) in [6, 6.07) is 0. The Labute approximate surface area is 110 Å². The van der Waals surface area contributed by atoms with Crippen molar-refractivity contribution in [3.8, 4) is 0 Å². The Kier molecular flexibility index (Phi) is 4.62. The van der Waals surface area contributed by atoms with Crippen molar-refractivity contribution in [2.75, 3.05) is 26.2 Å². The highest BCUT2D eigenvalue weighted by Gasteiger charge is 2.49. The first-order valence-electron chi connectivity index (χ1n) is 7.36. The third-order valence-electron chi connectivity index (χ3n) is 4.66. The largest absolute Gasteiger partial charge is 0.466 e. The van der Waals surface area contributed by atoms with Gasteiger partial charge in [-0.15, -0.1) is 0 Å². The van der Waals surface area contributed by atoms with E-state index in [9.17, 15) is 4.79 Å². The highest BCUT2D eigenvalue weighted by Crippen LogP contribution is 2.43.